The van der Waals surface area contributed by atoms with Crippen LogP contribution < -0.4 is 0 Å². The van der Waals surface area contributed by atoms with Crippen molar-refractivity contribution in [2.24, 2.45) is 0 Å². The number of carbonyl (C=O) groups excluding carboxylic acids is 1. The maximum absolute atomic E-state index is 11.0. The molecule has 0 radical (unpaired) electrons. The molecule has 50 valence electrons. The first-order valence-corrected chi connectivity index (χ1v) is 3.19. The third-order valence-electron chi connectivity index (χ3n) is 1.76. The lowest BCUT2D eigenvalue weighted by Crippen LogP contribution is -2.01. The summed E-state index contributed by atoms with van der Waals surface area (Å²) in [4.78, 5) is 11.0. The van der Waals surface area contributed by atoms with Gasteiger partial charge < -0.3 is 0 Å². The van der Waals surface area contributed by atoms with Crippen LogP contribution in [0.2, 0.25) is 0 Å². The predicted molar refractivity (Wildman–Crippen MR) is 38.8 cm³/mol. The summed E-state index contributed by atoms with van der Waals surface area (Å²) in [5.41, 5.74) is 2.17. The molecule has 0 aromatic carbocycles. The number of aryl methyl sites for hydroxylation is 1. The fourth-order valence-corrected chi connectivity index (χ4v) is 1.18. The van der Waals surface area contributed by atoms with Crippen molar-refractivity contribution in [3.8, 4) is 0 Å². The molecule has 0 bridgehead atoms. The van der Waals surface area contributed by atoms with Crippen LogP contribution in [0.5, 0.6) is 0 Å². The zero-order chi connectivity index (χ0) is 7.14. The summed E-state index contributed by atoms with van der Waals surface area (Å²) in [6.07, 6.45) is 5.23. The molecule has 1 aromatic heterocycles. The minimum Gasteiger partial charge on any atom is -0.284 e. The van der Waals surface area contributed by atoms with Gasteiger partial charge in [-0.1, -0.05) is 0 Å². The van der Waals surface area contributed by atoms with Gasteiger partial charge in [0, 0.05) is 12.3 Å². The van der Waals surface area contributed by atoms with E-state index in [9.17, 15) is 4.79 Å². The summed E-state index contributed by atoms with van der Waals surface area (Å²) in [5, 5.41) is 0. The zero-order valence-electron chi connectivity index (χ0n) is 5.66. The van der Waals surface area contributed by atoms with E-state index in [1.54, 1.807) is 16.8 Å². The van der Waals surface area contributed by atoms with Crippen LogP contribution in [0.4, 0.5) is 0 Å². The molecular formula is C8H7NO. The van der Waals surface area contributed by atoms with Crippen LogP contribution in [0.3, 0.4) is 0 Å². The fraction of sp³-hybridized carbons (Fsp3) is 0.125. The van der Waals surface area contributed by atoms with Gasteiger partial charge in [-0.2, -0.15) is 0 Å². The van der Waals surface area contributed by atoms with Crippen molar-refractivity contribution in [1.29, 1.82) is 0 Å². The molecule has 1 aliphatic heterocycles. The van der Waals surface area contributed by atoms with Gasteiger partial charge in [-0.15, -0.1) is 0 Å². The van der Waals surface area contributed by atoms with E-state index in [0.717, 1.165) is 11.3 Å². The molecule has 0 aliphatic carbocycles. The lowest BCUT2D eigenvalue weighted by molar-refractivity contribution is 0.0974. The molecule has 0 saturated carbocycles. The summed E-state index contributed by atoms with van der Waals surface area (Å²) in [5.74, 6) is 0.0584. The van der Waals surface area contributed by atoms with Gasteiger partial charge >= 0.3 is 0 Å². The number of hydrogen-bond acceptors (Lipinski definition) is 1. The Kier molecular flexibility index (Phi) is 0.873. The maximum atomic E-state index is 11.0. The van der Waals surface area contributed by atoms with Crippen LogP contribution in [-0.4, -0.2) is 10.5 Å². The number of allylic oxidation sites excluding steroid dienone is 1. The third kappa shape index (κ3) is 0.506. The number of fused-ring (bicyclic) bond motifs is 1. The first-order chi connectivity index (χ1) is 4.79. The summed E-state index contributed by atoms with van der Waals surface area (Å²) < 4.78 is 1.65. The average molecular weight is 133 g/mol. The molecule has 2 heteroatoms. The van der Waals surface area contributed by atoms with E-state index < -0.39 is 0 Å². The predicted octanol–water partition coefficient (Wildman–Crippen LogP) is 1.46. The Balaban J connectivity index is 2.73. The smallest absolute Gasteiger partial charge is 0.255 e. The van der Waals surface area contributed by atoms with Crippen molar-refractivity contribution >= 4 is 12.0 Å². The third-order valence-corrected chi connectivity index (χ3v) is 1.76. The van der Waals surface area contributed by atoms with Crippen molar-refractivity contribution in [3.63, 3.8) is 0 Å². The summed E-state index contributed by atoms with van der Waals surface area (Å²) >= 11 is 0. The molecule has 2 nitrogen and oxygen atoms in total. The molecular weight excluding hydrogens is 126 g/mol. The SMILES string of the molecule is Cc1ccn2c1C=CC2=O. The topological polar surface area (TPSA) is 22.0 Å². The Morgan fingerprint density at radius 3 is 2.90 bits per heavy atom. The van der Waals surface area contributed by atoms with E-state index in [0.29, 0.717) is 0 Å². The monoisotopic (exact) mass is 133 g/mol. The molecule has 0 unspecified atom stereocenters. The summed E-state index contributed by atoms with van der Waals surface area (Å²) in [6, 6.07) is 1.94. The molecule has 0 saturated heterocycles. The molecule has 0 fully saturated rings. The Hall–Kier alpha value is -1.31. The van der Waals surface area contributed by atoms with Gasteiger partial charge in [0.1, 0.15) is 0 Å². The fourth-order valence-electron chi connectivity index (χ4n) is 1.18. The van der Waals surface area contributed by atoms with E-state index >= 15 is 0 Å². The second-order valence-corrected chi connectivity index (χ2v) is 2.43. The average Bonchev–Trinajstić information content (AvgIpc) is 2.41. The van der Waals surface area contributed by atoms with E-state index in [-0.39, 0.29) is 5.91 Å². The van der Waals surface area contributed by atoms with Crippen LogP contribution in [-0.2, 0) is 0 Å². The molecule has 10 heavy (non-hydrogen) atoms. The standard InChI is InChI=1S/C8H7NO/c1-6-4-5-9-7(6)2-3-8(9)10/h2-5H,1H3. The van der Waals surface area contributed by atoms with E-state index in [1.807, 2.05) is 19.1 Å². The molecule has 0 atom stereocenters. The van der Waals surface area contributed by atoms with Crippen molar-refractivity contribution < 1.29 is 4.79 Å². The Labute approximate surface area is 58.8 Å². The van der Waals surface area contributed by atoms with Crippen LogP contribution in [0, 0.1) is 6.92 Å². The van der Waals surface area contributed by atoms with Crippen LogP contribution in [0.25, 0.3) is 6.08 Å². The first-order valence-electron chi connectivity index (χ1n) is 3.19. The van der Waals surface area contributed by atoms with Gasteiger partial charge in [0.05, 0.1) is 5.69 Å². The summed E-state index contributed by atoms with van der Waals surface area (Å²) in [6.45, 7) is 1.99. The number of nitrogens with zero attached hydrogens (tertiary/aromatic N) is 1. The number of rotatable bonds is 0. The van der Waals surface area contributed by atoms with Crippen LogP contribution >= 0.6 is 0 Å². The van der Waals surface area contributed by atoms with Gasteiger partial charge in [0.2, 0.25) is 0 Å². The largest absolute Gasteiger partial charge is 0.284 e. The second-order valence-electron chi connectivity index (χ2n) is 2.43. The van der Waals surface area contributed by atoms with Gasteiger partial charge in [-0.25, -0.2) is 0 Å². The molecule has 1 aromatic rings. The Morgan fingerprint density at radius 2 is 2.20 bits per heavy atom. The minimum absolute atomic E-state index is 0.0584. The molecule has 2 rings (SSSR count). The van der Waals surface area contributed by atoms with Gasteiger partial charge in [0.15, 0.2) is 0 Å². The van der Waals surface area contributed by atoms with Crippen LogP contribution in [0.1, 0.15) is 16.1 Å². The minimum atomic E-state index is 0.0584. The number of aromatic nitrogens is 1. The molecule has 0 amide bonds. The zero-order valence-corrected chi connectivity index (χ0v) is 5.66. The number of carbonyl (C=O) groups is 1. The maximum Gasteiger partial charge on any atom is 0.255 e. The quantitative estimate of drug-likeness (QED) is 0.525. The van der Waals surface area contributed by atoms with Crippen molar-refractivity contribution in [2.75, 3.05) is 0 Å². The van der Waals surface area contributed by atoms with E-state index in [1.165, 1.54) is 0 Å². The highest BCUT2D eigenvalue weighted by atomic mass is 16.2. The normalized spacial score (nSPS) is 14.3. The first kappa shape index (κ1) is 5.47. The highest BCUT2D eigenvalue weighted by Gasteiger charge is 2.12. The van der Waals surface area contributed by atoms with Gasteiger partial charge in [-0.3, -0.25) is 9.36 Å². The highest BCUT2D eigenvalue weighted by Crippen LogP contribution is 2.16. The molecule has 1 aliphatic rings. The Bertz CT molecular complexity index is 320. The Morgan fingerprint density at radius 1 is 1.40 bits per heavy atom. The van der Waals surface area contributed by atoms with Crippen molar-refractivity contribution in [2.45, 2.75) is 6.92 Å². The van der Waals surface area contributed by atoms with E-state index in [2.05, 4.69) is 0 Å². The number of hydrogen-bond donors (Lipinski definition) is 0. The molecule has 0 N–H and O–H groups in total. The lowest BCUT2D eigenvalue weighted by atomic mass is 10.3. The van der Waals surface area contributed by atoms with Gasteiger partial charge in [0.25, 0.3) is 5.91 Å². The molecule has 0 spiro atoms. The van der Waals surface area contributed by atoms with Crippen molar-refractivity contribution in [3.05, 3.63) is 29.6 Å². The summed E-state index contributed by atoms with van der Waals surface area (Å²) in [7, 11) is 0. The van der Waals surface area contributed by atoms with Gasteiger partial charge in [-0.05, 0) is 24.6 Å². The second kappa shape index (κ2) is 1.59. The van der Waals surface area contributed by atoms with Crippen molar-refractivity contribution in [1.82, 2.24) is 4.57 Å². The highest BCUT2D eigenvalue weighted by molar-refractivity contribution is 5.99. The van der Waals surface area contributed by atoms with Crippen LogP contribution in [0.15, 0.2) is 18.3 Å². The molecule has 2 heterocycles. The van der Waals surface area contributed by atoms with E-state index in [4.69, 9.17) is 0 Å². The lowest BCUT2D eigenvalue weighted by Gasteiger charge is -1.92.